The maximum Gasteiger partial charge on any atom is 0.323 e. The molecule has 1 aromatic heterocycles. The number of carbonyl (C=O) groups is 2. The average Bonchev–Trinajstić information content (AvgIpc) is 2.53. The average molecular weight is 258 g/mol. The van der Waals surface area contributed by atoms with Gasteiger partial charge in [0.25, 0.3) is 0 Å². The smallest absolute Gasteiger partial charge is 0.323 e. The molecule has 0 atom stereocenters. The zero-order valence-corrected chi connectivity index (χ0v) is 10.5. The number of carboxylic acid groups (broad SMARTS) is 2. The number of anilines is 1. The number of carboxylic acids is 2. The van der Waals surface area contributed by atoms with Crippen molar-refractivity contribution in [3.63, 3.8) is 0 Å². The number of rotatable bonds is 6. The molecule has 0 spiro atoms. The van der Waals surface area contributed by atoms with E-state index in [1.165, 1.54) is 16.2 Å². The van der Waals surface area contributed by atoms with Gasteiger partial charge in [-0.15, -0.1) is 11.3 Å². The second-order valence-electron chi connectivity index (χ2n) is 3.60. The van der Waals surface area contributed by atoms with Crippen LogP contribution in [-0.2, 0) is 9.59 Å². The van der Waals surface area contributed by atoms with Crippen molar-refractivity contribution in [2.45, 2.75) is 20.3 Å². The molecule has 17 heavy (non-hydrogen) atoms. The van der Waals surface area contributed by atoms with Gasteiger partial charge in [-0.25, -0.2) is 4.98 Å². The lowest BCUT2D eigenvalue weighted by molar-refractivity contribution is -0.138. The van der Waals surface area contributed by atoms with Crippen LogP contribution in [-0.4, -0.2) is 40.2 Å². The maximum absolute atomic E-state index is 10.7. The van der Waals surface area contributed by atoms with E-state index in [0.29, 0.717) is 5.13 Å². The first-order valence-electron chi connectivity index (χ1n) is 5.02. The Labute approximate surface area is 103 Å². The van der Waals surface area contributed by atoms with Crippen molar-refractivity contribution in [3.05, 3.63) is 10.6 Å². The number of aromatic nitrogens is 1. The van der Waals surface area contributed by atoms with Gasteiger partial charge in [0.1, 0.15) is 6.54 Å². The van der Waals surface area contributed by atoms with E-state index in [2.05, 4.69) is 4.98 Å². The number of thiazole rings is 1. The standard InChI is InChI=1S/C10H14N2O4S/c1-6-7(2)17-10(11-6)12(5-9(15)16)4-3-8(13)14/h3-5H2,1-2H3,(H,13,14)(H,15,16). The molecule has 0 saturated heterocycles. The van der Waals surface area contributed by atoms with Crippen molar-refractivity contribution >= 4 is 28.4 Å². The van der Waals surface area contributed by atoms with Crippen LogP contribution in [0.25, 0.3) is 0 Å². The summed E-state index contributed by atoms with van der Waals surface area (Å²) < 4.78 is 0. The molecule has 0 aliphatic heterocycles. The van der Waals surface area contributed by atoms with Gasteiger partial charge in [0.05, 0.1) is 12.1 Å². The topological polar surface area (TPSA) is 90.7 Å². The van der Waals surface area contributed by atoms with E-state index in [1.807, 2.05) is 13.8 Å². The van der Waals surface area contributed by atoms with Crippen LogP contribution in [0.4, 0.5) is 5.13 Å². The van der Waals surface area contributed by atoms with Crippen LogP contribution in [0.3, 0.4) is 0 Å². The Morgan fingerprint density at radius 3 is 2.35 bits per heavy atom. The van der Waals surface area contributed by atoms with Crippen molar-refractivity contribution in [2.75, 3.05) is 18.0 Å². The summed E-state index contributed by atoms with van der Waals surface area (Å²) in [7, 11) is 0. The van der Waals surface area contributed by atoms with Gasteiger partial charge in [0.2, 0.25) is 0 Å². The van der Waals surface area contributed by atoms with Crippen molar-refractivity contribution in [2.24, 2.45) is 0 Å². The van der Waals surface area contributed by atoms with Gasteiger partial charge >= 0.3 is 11.9 Å². The molecular formula is C10H14N2O4S. The fourth-order valence-electron chi connectivity index (χ4n) is 1.23. The minimum absolute atomic E-state index is 0.106. The van der Waals surface area contributed by atoms with E-state index in [1.54, 1.807) is 0 Å². The summed E-state index contributed by atoms with van der Waals surface area (Å²) in [6.07, 6.45) is -0.106. The molecule has 0 fully saturated rings. The molecule has 0 radical (unpaired) electrons. The van der Waals surface area contributed by atoms with Gasteiger partial charge in [0.15, 0.2) is 5.13 Å². The second-order valence-corrected chi connectivity index (χ2v) is 4.78. The van der Waals surface area contributed by atoms with Crippen LogP contribution >= 0.6 is 11.3 Å². The zero-order valence-electron chi connectivity index (χ0n) is 9.63. The SMILES string of the molecule is Cc1nc(N(CCC(=O)O)CC(=O)O)sc1C. The van der Waals surface area contributed by atoms with Gasteiger partial charge in [-0.1, -0.05) is 0 Å². The minimum atomic E-state index is -0.999. The monoisotopic (exact) mass is 258 g/mol. The van der Waals surface area contributed by atoms with Crippen LogP contribution in [0.5, 0.6) is 0 Å². The highest BCUT2D eigenvalue weighted by Crippen LogP contribution is 2.25. The highest BCUT2D eigenvalue weighted by atomic mass is 32.1. The predicted molar refractivity (Wildman–Crippen MR) is 63.7 cm³/mol. The van der Waals surface area contributed by atoms with Crippen LogP contribution < -0.4 is 4.90 Å². The Hall–Kier alpha value is -1.63. The summed E-state index contributed by atoms with van der Waals surface area (Å²) in [5.74, 6) is -1.95. The summed E-state index contributed by atoms with van der Waals surface area (Å²) in [6, 6.07) is 0. The first kappa shape index (κ1) is 13.4. The summed E-state index contributed by atoms with van der Waals surface area (Å²) >= 11 is 1.37. The van der Waals surface area contributed by atoms with Crippen LogP contribution in [0.1, 0.15) is 17.0 Å². The Bertz CT molecular complexity index is 410. The Kier molecular flexibility index (Phi) is 4.45. The third kappa shape index (κ3) is 4.03. The van der Waals surface area contributed by atoms with Crippen LogP contribution in [0.2, 0.25) is 0 Å². The fourth-order valence-corrected chi connectivity index (χ4v) is 2.16. The summed E-state index contributed by atoms with van der Waals surface area (Å²) in [5.41, 5.74) is 0.843. The largest absolute Gasteiger partial charge is 0.481 e. The molecule has 0 aliphatic carbocycles. The Morgan fingerprint density at radius 1 is 1.29 bits per heavy atom. The second kappa shape index (κ2) is 5.62. The summed E-state index contributed by atoms with van der Waals surface area (Å²) in [5, 5.41) is 17.9. The van der Waals surface area contributed by atoms with Crippen LogP contribution in [0.15, 0.2) is 0 Å². The predicted octanol–water partition coefficient (Wildman–Crippen LogP) is 1.13. The lowest BCUT2D eigenvalue weighted by atomic mass is 10.4. The van der Waals surface area contributed by atoms with E-state index >= 15 is 0 Å². The molecule has 0 unspecified atom stereocenters. The van der Waals surface area contributed by atoms with E-state index in [-0.39, 0.29) is 19.5 Å². The number of nitrogens with zero attached hydrogens (tertiary/aromatic N) is 2. The molecule has 1 heterocycles. The van der Waals surface area contributed by atoms with Gasteiger partial charge < -0.3 is 15.1 Å². The quantitative estimate of drug-likeness (QED) is 0.794. The number of aliphatic carboxylic acids is 2. The molecule has 0 aromatic carbocycles. The molecule has 1 rings (SSSR count). The number of hydrogen-bond acceptors (Lipinski definition) is 5. The molecule has 1 aromatic rings. The highest BCUT2D eigenvalue weighted by Gasteiger charge is 2.16. The lowest BCUT2D eigenvalue weighted by Gasteiger charge is -2.18. The van der Waals surface area contributed by atoms with Gasteiger partial charge in [-0.3, -0.25) is 9.59 Å². The third-order valence-electron chi connectivity index (χ3n) is 2.21. The molecule has 6 nitrogen and oxygen atoms in total. The van der Waals surface area contributed by atoms with Crippen LogP contribution in [0, 0.1) is 13.8 Å². The van der Waals surface area contributed by atoms with E-state index in [0.717, 1.165) is 10.6 Å². The zero-order chi connectivity index (χ0) is 13.0. The van der Waals surface area contributed by atoms with Crippen molar-refractivity contribution in [1.29, 1.82) is 0 Å². The molecule has 94 valence electrons. The first-order chi connectivity index (χ1) is 7.90. The van der Waals surface area contributed by atoms with Gasteiger partial charge in [0, 0.05) is 11.4 Å². The third-order valence-corrected chi connectivity index (χ3v) is 3.34. The Morgan fingerprint density at radius 2 is 1.94 bits per heavy atom. The summed E-state index contributed by atoms with van der Waals surface area (Å²) in [6.45, 7) is 3.64. The molecule has 0 aliphatic rings. The lowest BCUT2D eigenvalue weighted by Crippen LogP contribution is -2.31. The number of hydrogen-bond donors (Lipinski definition) is 2. The van der Waals surface area contributed by atoms with E-state index < -0.39 is 11.9 Å². The van der Waals surface area contributed by atoms with Crippen molar-refractivity contribution in [1.82, 2.24) is 4.98 Å². The van der Waals surface area contributed by atoms with Crippen molar-refractivity contribution in [3.8, 4) is 0 Å². The fraction of sp³-hybridized carbons (Fsp3) is 0.500. The van der Waals surface area contributed by atoms with Crippen molar-refractivity contribution < 1.29 is 19.8 Å². The maximum atomic E-state index is 10.7. The first-order valence-corrected chi connectivity index (χ1v) is 5.84. The summed E-state index contributed by atoms with van der Waals surface area (Å²) in [4.78, 5) is 27.9. The normalized spacial score (nSPS) is 10.2. The molecule has 0 saturated carbocycles. The van der Waals surface area contributed by atoms with Gasteiger partial charge in [-0.05, 0) is 13.8 Å². The minimum Gasteiger partial charge on any atom is -0.481 e. The molecule has 2 N–H and O–H groups in total. The van der Waals surface area contributed by atoms with E-state index in [4.69, 9.17) is 10.2 Å². The highest BCUT2D eigenvalue weighted by molar-refractivity contribution is 7.15. The Balaban J connectivity index is 2.81. The number of aryl methyl sites for hydroxylation is 2. The van der Waals surface area contributed by atoms with Gasteiger partial charge in [-0.2, -0.15) is 0 Å². The molecule has 0 amide bonds. The molecule has 7 heteroatoms. The molecular weight excluding hydrogens is 244 g/mol. The molecule has 0 bridgehead atoms. The van der Waals surface area contributed by atoms with E-state index in [9.17, 15) is 9.59 Å².